The van der Waals surface area contributed by atoms with Gasteiger partial charge in [-0.3, -0.25) is 4.79 Å². The van der Waals surface area contributed by atoms with Crippen LogP contribution in [0.2, 0.25) is 5.02 Å². The van der Waals surface area contributed by atoms with Crippen LogP contribution >= 0.6 is 22.9 Å². The SMILES string of the molecule is Cn1cnc2c1CCCC2C(=O)Nc1ncc(Cc2cc(C(F)(F)F)ccc2Cl)s1. The highest BCUT2D eigenvalue weighted by Crippen LogP contribution is 2.34. The van der Waals surface area contributed by atoms with E-state index >= 15 is 0 Å². The van der Waals surface area contributed by atoms with Gasteiger partial charge in [-0.1, -0.05) is 11.6 Å². The molecule has 0 bridgehead atoms. The van der Waals surface area contributed by atoms with Gasteiger partial charge in [-0.15, -0.1) is 11.3 Å². The lowest BCUT2D eigenvalue weighted by Crippen LogP contribution is -2.25. The number of carbonyl (C=O) groups is 1. The average Bonchev–Trinajstić information content (AvgIpc) is 3.29. The average molecular weight is 455 g/mol. The van der Waals surface area contributed by atoms with Crippen LogP contribution in [0.4, 0.5) is 18.3 Å². The fourth-order valence-corrected chi connectivity index (χ4v) is 4.67. The molecule has 1 unspecified atom stereocenters. The monoisotopic (exact) mass is 454 g/mol. The second kappa shape index (κ2) is 8.03. The Morgan fingerprint density at radius 1 is 1.37 bits per heavy atom. The first-order valence-electron chi connectivity index (χ1n) is 9.33. The molecule has 1 amide bonds. The maximum atomic E-state index is 13.0. The smallest absolute Gasteiger partial charge is 0.337 e. The molecule has 1 aliphatic carbocycles. The van der Waals surface area contributed by atoms with E-state index in [9.17, 15) is 18.0 Å². The summed E-state index contributed by atoms with van der Waals surface area (Å²) in [7, 11) is 1.91. The zero-order chi connectivity index (χ0) is 21.5. The number of aromatic nitrogens is 3. The quantitative estimate of drug-likeness (QED) is 0.589. The standard InChI is InChI=1S/C20H18ClF3N4OS/c1-28-10-26-17-14(3-2-4-16(17)28)18(29)27-19-25-9-13(30-19)8-11-7-12(20(22,23)24)5-6-15(11)21/h5-7,9-10,14H,2-4,8H2,1H3,(H,25,27,29). The molecule has 30 heavy (non-hydrogen) atoms. The lowest BCUT2D eigenvalue weighted by Gasteiger charge is -2.20. The second-order valence-corrected chi connectivity index (χ2v) is 8.76. The number of nitrogens with zero attached hydrogens (tertiary/aromatic N) is 3. The Morgan fingerprint density at radius 3 is 2.93 bits per heavy atom. The minimum absolute atomic E-state index is 0.173. The Balaban J connectivity index is 1.47. The number of thiazole rings is 1. The topological polar surface area (TPSA) is 59.8 Å². The molecule has 158 valence electrons. The molecule has 0 aliphatic heterocycles. The minimum Gasteiger partial charge on any atom is -0.337 e. The molecule has 1 N–H and O–H groups in total. The van der Waals surface area contributed by atoms with Crippen LogP contribution in [0, 0.1) is 0 Å². The van der Waals surface area contributed by atoms with E-state index in [-0.39, 0.29) is 23.3 Å². The maximum Gasteiger partial charge on any atom is 0.416 e. The first-order chi connectivity index (χ1) is 14.2. The molecule has 0 spiro atoms. The number of aryl methyl sites for hydroxylation is 1. The molecule has 0 radical (unpaired) electrons. The number of hydrogen-bond acceptors (Lipinski definition) is 4. The Bertz CT molecular complexity index is 1090. The number of anilines is 1. The molecule has 2 aromatic heterocycles. The number of rotatable bonds is 4. The minimum atomic E-state index is -4.43. The molecule has 1 aliphatic rings. The molecule has 1 atom stereocenters. The molecule has 5 nitrogen and oxygen atoms in total. The van der Waals surface area contributed by atoms with Gasteiger partial charge in [-0.2, -0.15) is 13.2 Å². The van der Waals surface area contributed by atoms with E-state index in [0.29, 0.717) is 22.0 Å². The number of nitrogens with one attached hydrogen (secondary N) is 1. The maximum absolute atomic E-state index is 13.0. The second-order valence-electron chi connectivity index (χ2n) is 7.23. The first-order valence-corrected chi connectivity index (χ1v) is 10.5. The van der Waals surface area contributed by atoms with Crippen molar-refractivity contribution < 1.29 is 18.0 Å². The van der Waals surface area contributed by atoms with Gasteiger partial charge in [0.2, 0.25) is 5.91 Å². The highest BCUT2D eigenvalue weighted by molar-refractivity contribution is 7.15. The van der Waals surface area contributed by atoms with E-state index in [1.54, 1.807) is 12.5 Å². The van der Waals surface area contributed by atoms with Gasteiger partial charge in [0.1, 0.15) is 0 Å². The van der Waals surface area contributed by atoms with E-state index in [4.69, 9.17) is 11.6 Å². The van der Waals surface area contributed by atoms with Crippen LogP contribution in [-0.2, 0) is 30.9 Å². The van der Waals surface area contributed by atoms with Crippen LogP contribution < -0.4 is 5.32 Å². The van der Waals surface area contributed by atoms with E-state index in [1.807, 2.05) is 11.6 Å². The molecule has 0 saturated heterocycles. The molecular formula is C20H18ClF3N4OS. The summed E-state index contributed by atoms with van der Waals surface area (Å²) in [4.78, 5) is 22.1. The Labute approximate surface area is 179 Å². The van der Waals surface area contributed by atoms with Crippen molar-refractivity contribution in [2.45, 2.75) is 37.8 Å². The zero-order valence-electron chi connectivity index (χ0n) is 16.0. The third-order valence-electron chi connectivity index (χ3n) is 5.17. The summed E-state index contributed by atoms with van der Waals surface area (Å²) in [5.74, 6) is -0.507. The van der Waals surface area contributed by atoms with Crippen molar-refractivity contribution in [1.82, 2.24) is 14.5 Å². The van der Waals surface area contributed by atoms with E-state index in [1.165, 1.54) is 17.4 Å². The molecule has 10 heteroatoms. The largest absolute Gasteiger partial charge is 0.416 e. The molecule has 4 rings (SSSR count). The Hall–Kier alpha value is -2.39. The number of amides is 1. The lowest BCUT2D eigenvalue weighted by atomic mass is 9.89. The van der Waals surface area contributed by atoms with Gasteiger partial charge in [0.05, 0.1) is 23.5 Å². The molecule has 0 saturated carbocycles. The van der Waals surface area contributed by atoms with Gasteiger partial charge < -0.3 is 9.88 Å². The fourth-order valence-electron chi connectivity index (χ4n) is 3.65. The third kappa shape index (κ3) is 4.22. The number of imidazole rings is 1. The summed E-state index contributed by atoms with van der Waals surface area (Å²) < 4.78 is 40.8. The molecule has 3 aromatic rings. The van der Waals surface area contributed by atoms with Crippen LogP contribution in [0.1, 0.15) is 46.2 Å². The van der Waals surface area contributed by atoms with Crippen LogP contribution in [0.15, 0.2) is 30.7 Å². The Kier molecular flexibility index (Phi) is 5.59. The van der Waals surface area contributed by atoms with Gasteiger partial charge in [-0.05, 0) is 43.0 Å². The number of fused-ring (bicyclic) bond motifs is 1. The van der Waals surface area contributed by atoms with Gasteiger partial charge in [0.25, 0.3) is 0 Å². The van der Waals surface area contributed by atoms with Crippen molar-refractivity contribution in [2.75, 3.05) is 5.32 Å². The van der Waals surface area contributed by atoms with Crippen molar-refractivity contribution in [3.8, 4) is 0 Å². The molecular weight excluding hydrogens is 437 g/mol. The molecule has 2 heterocycles. The summed E-state index contributed by atoms with van der Waals surface area (Å²) >= 11 is 7.30. The zero-order valence-corrected chi connectivity index (χ0v) is 17.5. The summed E-state index contributed by atoms with van der Waals surface area (Å²) in [5.41, 5.74) is 1.48. The molecule has 1 aromatic carbocycles. The van der Waals surface area contributed by atoms with E-state index in [2.05, 4.69) is 15.3 Å². The predicted octanol–water partition coefficient (Wildman–Crippen LogP) is 5.20. The number of hydrogen-bond donors (Lipinski definition) is 1. The van der Waals surface area contributed by atoms with Crippen LogP contribution in [0.5, 0.6) is 0 Å². The first kappa shape index (κ1) is 20.9. The predicted molar refractivity (Wildman–Crippen MR) is 109 cm³/mol. The summed E-state index contributed by atoms with van der Waals surface area (Å²) in [6, 6.07) is 3.25. The summed E-state index contributed by atoms with van der Waals surface area (Å²) in [6.07, 6.45) is 1.55. The normalized spacial score (nSPS) is 16.4. The van der Waals surface area contributed by atoms with Gasteiger partial charge in [-0.25, -0.2) is 9.97 Å². The van der Waals surface area contributed by atoms with Crippen molar-refractivity contribution in [3.63, 3.8) is 0 Å². The lowest BCUT2D eigenvalue weighted by molar-refractivity contribution is -0.137. The van der Waals surface area contributed by atoms with Crippen LogP contribution in [0.3, 0.4) is 0 Å². The number of carbonyl (C=O) groups excluding carboxylic acids is 1. The van der Waals surface area contributed by atoms with E-state index in [0.717, 1.165) is 36.4 Å². The Morgan fingerprint density at radius 2 is 2.17 bits per heavy atom. The van der Waals surface area contributed by atoms with Crippen LogP contribution in [-0.4, -0.2) is 20.4 Å². The van der Waals surface area contributed by atoms with Crippen LogP contribution in [0.25, 0.3) is 0 Å². The third-order valence-corrected chi connectivity index (χ3v) is 6.45. The number of alkyl halides is 3. The summed E-state index contributed by atoms with van der Waals surface area (Å²) in [5, 5.41) is 3.48. The highest BCUT2D eigenvalue weighted by atomic mass is 35.5. The van der Waals surface area contributed by atoms with Gasteiger partial charge >= 0.3 is 6.18 Å². The van der Waals surface area contributed by atoms with Gasteiger partial charge in [0, 0.05) is 35.3 Å². The van der Waals surface area contributed by atoms with E-state index < -0.39 is 11.7 Å². The number of benzene rings is 1. The summed E-state index contributed by atoms with van der Waals surface area (Å²) in [6.45, 7) is 0. The number of halogens is 4. The molecule has 0 fully saturated rings. The van der Waals surface area contributed by atoms with Crippen molar-refractivity contribution in [1.29, 1.82) is 0 Å². The van der Waals surface area contributed by atoms with Crippen molar-refractivity contribution in [3.05, 3.63) is 63.1 Å². The van der Waals surface area contributed by atoms with Crippen molar-refractivity contribution >= 4 is 34.0 Å². The fraction of sp³-hybridized carbons (Fsp3) is 0.350. The van der Waals surface area contributed by atoms with Crippen molar-refractivity contribution in [2.24, 2.45) is 7.05 Å². The highest BCUT2D eigenvalue weighted by Gasteiger charge is 2.31. The van der Waals surface area contributed by atoms with Gasteiger partial charge in [0.15, 0.2) is 5.13 Å².